The van der Waals surface area contributed by atoms with Gasteiger partial charge in [-0.1, -0.05) is 0 Å². The van der Waals surface area contributed by atoms with Crippen molar-refractivity contribution in [2.24, 2.45) is 0 Å². The van der Waals surface area contributed by atoms with Crippen molar-refractivity contribution in [1.29, 1.82) is 0 Å². The van der Waals surface area contributed by atoms with E-state index in [1.54, 1.807) is 7.11 Å². The van der Waals surface area contributed by atoms with Gasteiger partial charge >= 0.3 is 0 Å². The maximum Gasteiger partial charge on any atom is 0.203 e. The molecule has 1 aliphatic heterocycles. The topological polar surface area (TPSA) is 39.7 Å². The van der Waals surface area contributed by atoms with E-state index in [1.807, 2.05) is 17.4 Å². The Morgan fingerprint density at radius 3 is 3.13 bits per heavy atom. The average Bonchev–Trinajstić information content (AvgIpc) is 3.08. The fraction of sp³-hybridized carbons (Fsp3) is 0.444. The molecule has 1 aliphatic carbocycles. The highest BCUT2D eigenvalue weighted by Crippen LogP contribution is 2.40. The van der Waals surface area contributed by atoms with Crippen molar-refractivity contribution in [2.45, 2.75) is 31.8 Å². The number of nitrogens with one attached hydrogen (secondary N) is 1. The number of rotatable bonds is 4. The van der Waals surface area contributed by atoms with Crippen molar-refractivity contribution in [2.75, 3.05) is 20.3 Å². The molecule has 0 saturated heterocycles. The van der Waals surface area contributed by atoms with Crippen molar-refractivity contribution >= 4 is 11.3 Å². The lowest BCUT2D eigenvalue weighted by atomic mass is 9.94. The zero-order chi connectivity index (χ0) is 15.6. The maximum atomic E-state index is 5.71. The fourth-order valence-electron chi connectivity index (χ4n) is 3.37. The minimum absolute atomic E-state index is 0.448. The summed E-state index contributed by atoms with van der Waals surface area (Å²) < 4.78 is 16.8. The molecule has 0 radical (unpaired) electrons. The molecule has 4 nitrogen and oxygen atoms in total. The van der Waals surface area contributed by atoms with Crippen molar-refractivity contribution in [1.82, 2.24) is 5.32 Å². The second-order valence-electron chi connectivity index (χ2n) is 5.95. The molecule has 5 heteroatoms. The first-order valence-corrected chi connectivity index (χ1v) is 8.99. The molecule has 0 fully saturated rings. The second-order valence-corrected chi connectivity index (χ2v) is 6.95. The van der Waals surface area contributed by atoms with Gasteiger partial charge in [0.15, 0.2) is 11.5 Å². The number of aryl methyl sites for hydroxylation is 1. The van der Waals surface area contributed by atoms with Gasteiger partial charge in [-0.15, -0.1) is 11.3 Å². The van der Waals surface area contributed by atoms with Gasteiger partial charge in [0.25, 0.3) is 0 Å². The molecule has 0 bridgehead atoms. The van der Waals surface area contributed by atoms with Crippen molar-refractivity contribution in [3.8, 4) is 17.2 Å². The Balaban J connectivity index is 1.52. The first-order chi connectivity index (χ1) is 11.3. The van der Waals surface area contributed by atoms with E-state index >= 15 is 0 Å². The first-order valence-electron chi connectivity index (χ1n) is 8.11. The van der Waals surface area contributed by atoms with Gasteiger partial charge in [-0.05, 0) is 54.0 Å². The molecule has 0 saturated carbocycles. The van der Waals surface area contributed by atoms with E-state index in [2.05, 4.69) is 22.8 Å². The molecule has 1 unspecified atom stereocenters. The van der Waals surface area contributed by atoms with E-state index in [4.69, 9.17) is 14.2 Å². The molecular formula is C18H21NO3S. The van der Waals surface area contributed by atoms with E-state index in [0.29, 0.717) is 19.3 Å². The Morgan fingerprint density at radius 1 is 1.30 bits per heavy atom. The van der Waals surface area contributed by atoms with Crippen LogP contribution in [0, 0.1) is 0 Å². The van der Waals surface area contributed by atoms with Crippen LogP contribution in [-0.2, 0) is 13.0 Å². The summed E-state index contributed by atoms with van der Waals surface area (Å²) in [7, 11) is 1.67. The molecule has 1 atom stereocenters. The molecule has 1 aromatic heterocycles. The van der Waals surface area contributed by atoms with Gasteiger partial charge in [0.1, 0.15) is 13.2 Å². The Kier molecular flexibility index (Phi) is 4.14. The Labute approximate surface area is 140 Å². The largest absolute Gasteiger partial charge is 0.493 e. The van der Waals surface area contributed by atoms with E-state index < -0.39 is 0 Å². The predicted molar refractivity (Wildman–Crippen MR) is 90.8 cm³/mol. The molecule has 23 heavy (non-hydrogen) atoms. The maximum absolute atomic E-state index is 5.71. The van der Waals surface area contributed by atoms with Crippen LogP contribution in [0.15, 0.2) is 23.6 Å². The standard InChI is InChI=1S/C18H21NO3S/c1-20-15-9-12(10-16-18(15)22-7-6-21-16)11-19-14-3-2-4-17-13(14)5-8-23-17/h5,8-10,14,19H,2-4,6-7,11H2,1H3. The lowest BCUT2D eigenvalue weighted by molar-refractivity contribution is 0.165. The lowest BCUT2D eigenvalue weighted by Crippen LogP contribution is -2.24. The number of ether oxygens (including phenoxy) is 3. The predicted octanol–water partition coefficient (Wildman–Crippen LogP) is 3.70. The minimum Gasteiger partial charge on any atom is -0.493 e. The molecule has 1 N–H and O–H groups in total. The van der Waals surface area contributed by atoms with E-state index in [9.17, 15) is 0 Å². The molecule has 2 aliphatic rings. The van der Waals surface area contributed by atoms with Crippen LogP contribution in [0.3, 0.4) is 0 Å². The summed E-state index contributed by atoms with van der Waals surface area (Å²) >= 11 is 1.88. The number of hydrogen-bond donors (Lipinski definition) is 1. The highest BCUT2D eigenvalue weighted by Gasteiger charge is 2.22. The third-order valence-electron chi connectivity index (χ3n) is 4.49. The normalized spacial score (nSPS) is 19.3. The molecular weight excluding hydrogens is 310 g/mol. The zero-order valence-corrected chi connectivity index (χ0v) is 14.1. The second kappa shape index (κ2) is 6.42. The van der Waals surface area contributed by atoms with Gasteiger partial charge in [-0.2, -0.15) is 0 Å². The average molecular weight is 331 g/mol. The molecule has 122 valence electrons. The van der Waals surface area contributed by atoms with Gasteiger partial charge in [-0.3, -0.25) is 0 Å². The Bertz CT molecular complexity index is 680. The van der Waals surface area contributed by atoms with Crippen LogP contribution in [0.5, 0.6) is 17.2 Å². The molecule has 1 aromatic carbocycles. The summed E-state index contributed by atoms with van der Waals surface area (Å²) in [6.07, 6.45) is 3.68. The van der Waals surface area contributed by atoms with Gasteiger partial charge in [0.05, 0.1) is 7.11 Å². The molecule has 2 heterocycles. The van der Waals surface area contributed by atoms with Crippen LogP contribution in [-0.4, -0.2) is 20.3 Å². The van der Waals surface area contributed by atoms with Crippen molar-refractivity contribution in [3.63, 3.8) is 0 Å². The van der Waals surface area contributed by atoms with E-state index in [1.165, 1.54) is 29.7 Å². The third-order valence-corrected chi connectivity index (χ3v) is 5.49. The highest BCUT2D eigenvalue weighted by atomic mass is 32.1. The number of benzene rings is 1. The summed E-state index contributed by atoms with van der Waals surface area (Å²) in [6.45, 7) is 1.96. The Morgan fingerprint density at radius 2 is 2.22 bits per heavy atom. The minimum atomic E-state index is 0.448. The van der Waals surface area contributed by atoms with Crippen molar-refractivity contribution < 1.29 is 14.2 Å². The van der Waals surface area contributed by atoms with Crippen LogP contribution in [0.25, 0.3) is 0 Å². The van der Waals surface area contributed by atoms with Crippen LogP contribution >= 0.6 is 11.3 Å². The summed E-state index contributed by atoms with van der Waals surface area (Å²) in [6, 6.07) is 6.81. The molecule has 2 aromatic rings. The lowest BCUT2D eigenvalue weighted by Gasteiger charge is -2.25. The van der Waals surface area contributed by atoms with Gasteiger partial charge in [0, 0.05) is 17.5 Å². The van der Waals surface area contributed by atoms with Crippen LogP contribution in [0.1, 0.15) is 34.9 Å². The summed E-state index contributed by atoms with van der Waals surface area (Å²) in [4.78, 5) is 1.54. The molecule has 4 rings (SSSR count). The molecule has 0 amide bonds. The van der Waals surface area contributed by atoms with Crippen molar-refractivity contribution in [3.05, 3.63) is 39.6 Å². The smallest absolute Gasteiger partial charge is 0.203 e. The van der Waals surface area contributed by atoms with Crippen LogP contribution < -0.4 is 19.5 Å². The third kappa shape index (κ3) is 2.91. The first kappa shape index (κ1) is 14.8. The highest BCUT2D eigenvalue weighted by molar-refractivity contribution is 7.10. The fourth-order valence-corrected chi connectivity index (χ4v) is 4.36. The molecule has 0 spiro atoms. The Hall–Kier alpha value is -1.72. The van der Waals surface area contributed by atoms with Gasteiger partial charge in [-0.25, -0.2) is 0 Å². The van der Waals surface area contributed by atoms with E-state index in [0.717, 1.165) is 29.4 Å². The summed E-state index contributed by atoms with van der Waals surface area (Å²) in [5, 5.41) is 5.90. The summed E-state index contributed by atoms with van der Waals surface area (Å²) in [5.74, 6) is 2.26. The van der Waals surface area contributed by atoms with Crippen LogP contribution in [0.4, 0.5) is 0 Å². The van der Waals surface area contributed by atoms with Crippen LogP contribution in [0.2, 0.25) is 0 Å². The number of methoxy groups -OCH3 is 1. The monoisotopic (exact) mass is 331 g/mol. The van der Waals surface area contributed by atoms with E-state index in [-0.39, 0.29) is 0 Å². The summed E-state index contributed by atoms with van der Waals surface area (Å²) in [5.41, 5.74) is 2.64. The quantitative estimate of drug-likeness (QED) is 0.927. The SMILES string of the molecule is COc1cc(CNC2CCCc3sccc32)cc2c1OCCO2. The zero-order valence-electron chi connectivity index (χ0n) is 13.3. The van der Waals surface area contributed by atoms with Gasteiger partial charge < -0.3 is 19.5 Å². The van der Waals surface area contributed by atoms with Gasteiger partial charge in [0.2, 0.25) is 5.75 Å². The number of fused-ring (bicyclic) bond motifs is 2. The number of thiophene rings is 1. The number of hydrogen-bond acceptors (Lipinski definition) is 5.